The molecule has 0 N–H and O–H groups in total. The van der Waals surface area contributed by atoms with E-state index in [2.05, 4.69) is 24.0 Å². The summed E-state index contributed by atoms with van der Waals surface area (Å²) in [6.45, 7) is 6.08. The first-order valence-electron chi connectivity index (χ1n) is 9.28. The highest BCUT2D eigenvalue weighted by Crippen LogP contribution is 2.29. The van der Waals surface area contributed by atoms with Crippen LogP contribution in [-0.2, 0) is 10.0 Å². The summed E-state index contributed by atoms with van der Waals surface area (Å²) in [5, 5.41) is 8.92. The summed E-state index contributed by atoms with van der Waals surface area (Å²) in [5.74, 6) is 0. The van der Waals surface area contributed by atoms with Crippen LogP contribution in [0.3, 0.4) is 0 Å². The number of hydrogen-bond acceptors (Lipinski definition) is 4. The zero-order chi connectivity index (χ0) is 19.4. The quantitative estimate of drug-likeness (QED) is 0.767. The molecule has 27 heavy (non-hydrogen) atoms. The summed E-state index contributed by atoms with van der Waals surface area (Å²) >= 11 is 0. The van der Waals surface area contributed by atoms with Crippen LogP contribution in [0.5, 0.6) is 0 Å². The van der Waals surface area contributed by atoms with Gasteiger partial charge < -0.3 is 0 Å². The molecule has 0 spiro atoms. The van der Waals surface area contributed by atoms with Gasteiger partial charge in [-0.2, -0.15) is 9.57 Å². The van der Waals surface area contributed by atoms with Crippen molar-refractivity contribution in [3.8, 4) is 6.07 Å². The van der Waals surface area contributed by atoms with Crippen molar-refractivity contribution in [2.45, 2.75) is 37.2 Å². The topological polar surface area (TPSA) is 64.4 Å². The summed E-state index contributed by atoms with van der Waals surface area (Å²) in [5.41, 5.74) is 1.71. The van der Waals surface area contributed by atoms with Crippen LogP contribution in [-0.4, -0.2) is 43.3 Å². The molecule has 3 rings (SSSR count). The van der Waals surface area contributed by atoms with Crippen LogP contribution in [0, 0.1) is 11.3 Å². The smallest absolute Gasteiger partial charge is 0.243 e. The average Bonchev–Trinajstić information content (AvgIpc) is 3.18. The Kier molecular flexibility index (Phi) is 5.95. The van der Waals surface area contributed by atoms with Crippen molar-refractivity contribution in [2.24, 2.45) is 0 Å². The van der Waals surface area contributed by atoms with Crippen molar-refractivity contribution in [3.05, 3.63) is 65.7 Å². The van der Waals surface area contributed by atoms with Gasteiger partial charge in [0.15, 0.2) is 0 Å². The van der Waals surface area contributed by atoms with Crippen LogP contribution in [0.25, 0.3) is 0 Å². The standard InChI is InChI=1S/C21H25N3O2S/c1-3-24(27(25,26)21-11-9-18(15-22)10-12-21)20-13-14-23(16-20)17(2)19-7-5-4-6-8-19/h4-12,17,20H,3,13-14,16H2,1-2H3. The Labute approximate surface area is 161 Å². The molecule has 1 saturated heterocycles. The predicted molar refractivity (Wildman–Crippen MR) is 106 cm³/mol. The van der Waals surface area contributed by atoms with E-state index in [1.54, 1.807) is 16.4 Å². The molecule has 0 aromatic heterocycles. The van der Waals surface area contributed by atoms with Crippen molar-refractivity contribution in [2.75, 3.05) is 19.6 Å². The Balaban J connectivity index is 1.77. The SMILES string of the molecule is CCN(C1CCN(C(C)c2ccccc2)C1)S(=O)(=O)c1ccc(C#N)cc1. The number of sulfonamides is 1. The number of likely N-dealkylation sites (N-methyl/N-ethyl adjacent to an activating group) is 1. The second-order valence-electron chi connectivity index (χ2n) is 6.87. The number of benzene rings is 2. The first kappa shape index (κ1) is 19.6. The van der Waals surface area contributed by atoms with Crippen LogP contribution in [0.15, 0.2) is 59.5 Å². The van der Waals surface area contributed by atoms with Gasteiger partial charge in [0.25, 0.3) is 0 Å². The average molecular weight is 384 g/mol. The highest BCUT2D eigenvalue weighted by Gasteiger charge is 2.36. The van der Waals surface area contributed by atoms with Crippen molar-refractivity contribution in [1.29, 1.82) is 5.26 Å². The molecule has 0 radical (unpaired) electrons. The van der Waals surface area contributed by atoms with Crippen molar-refractivity contribution in [1.82, 2.24) is 9.21 Å². The van der Waals surface area contributed by atoms with Gasteiger partial charge in [-0.25, -0.2) is 8.42 Å². The summed E-state index contributed by atoms with van der Waals surface area (Å²) in [6, 6.07) is 18.7. The molecule has 0 saturated carbocycles. The summed E-state index contributed by atoms with van der Waals surface area (Å²) in [7, 11) is -3.58. The van der Waals surface area contributed by atoms with Crippen molar-refractivity contribution < 1.29 is 8.42 Å². The van der Waals surface area contributed by atoms with Crippen LogP contribution < -0.4 is 0 Å². The van der Waals surface area contributed by atoms with Crippen LogP contribution in [0.1, 0.15) is 37.4 Å². The third-order valence-corrected chi connectivity index (χ3v) is 7.38. The monoisotopic (exact) mass is 383 g/mol. The Bertz CT molecular complexity index is 905. The van der Waals surface area contributed by atoms with E-state index in [0.29, 0.717) is 12.1 Å². The molecule has 6 heteroatoms. The second kappa shape index (κ2) is 8.22. The fraction of sp³-hybridized carbons (Fsp3) is 0.381. The summed E-state index contributed by atoms with van der Waals surface area (Å²) in [6.07, 6.45) is 0.820. The van der Waals surface area contributed by atoms with Gasteiger partial charge in [0.2, 0.25) is 10.0 Å². The Morgan fingerprint density at radius 3 is 2.44 bits per heavy atom. The van der Waals surface area contributed by atoms with E-state index in [1.807, 2.05) is 31.2 Å². The van der Waals surface area contributed by atoms with Gasteiger partial charge in [-0.15, -0.1) is 0 Å². The lowest BCUT2D eigenvalue weighted by molar-refractivity contribution is 0.239. The zero-order valence-corrected chi connectivity index (χ0v) is 16.6. The molecule has 2 atom stereocenters. The maximum absolute atomic E-state index is 13.1. The highest BCUT2D eigenvalue weighted by molar-refractivity contribution is 7.89. The van der Waals surface area contributed by atoms with E-state index >= 15 is 0 Å². The molecule has 1 aliphatic heterocycles. The minimum atomic E-state index is -3.58. The molecule has 0 bridgehead atoms. The van der Waals surface area contributed by atoms with E-state index < -0.39 is 10.0 Å². The number of hydrogen-bond donors (Lipinski definition) is 0. The normalized spacial score (nSPS) is 19.1. The fourth-order valence-electron chi connectivity index (χ4n) is 3.76. The minimum Gasteiger partial charge on any atom is -0.295 e. The maximum atomic E-state index is 13.1. The molecule has 1 heterocycles. The summed E-state index contributed by atoms with van der Waals surface area (Å²) in [4.78, 5) is 2.59. The van der Waals surface area contributed by atoms with Crippen LogP contribution in [0.2, 0.25) is 0 Å². The van der Waals surface area contributed by atoms with E-state index in [-0.39, 0.29) is 17.0 Å². The predicted octanol–water partition coefficient (Wildman–Crippen LogP) is 3.40. The van der Waals surface area contributed by atoms with Gasteiger partial charge in [-0.1, -0.05) is 37.3 Å². The molecule has 142 valence electrons. The minimum absolute atomic E-state index is 0.0400. The fourth-order valence-corrected chi connectivity index (χ4v) is 5.41. The van der Waals surface area contributed by atoms with Crippen molar-refractivity contribution in [3.63, 3.8) is 0 Å². The van der Waals surface area contributed by atoms with Crippen molar-refractivity contribution >= 4 is 10.0 Å². The molecule has 2 aromatic rings. The Morgan fingerprint density at radius 1 is 1.19 bits per heavy atom. The molecule has 2 unspecified atom stereocenters. The highest BCUT2D eigenvalue weighted by atomic mass is 32.2. The van der Waals surface area contributed by atoms with E-state index in [4.69, 9.17) is 5.26 Å². The van der Waals surface area contributed by atoms with Gasteiger partial charge in [-0.05, 0) is 43.2 Å². The van der Waals surface area contributed by atoms with E-state index in [1.165, 1.54) is 17.7 Å². The van der Waals surface area contributed by atoms with Gasteiger partial charge in [0.1, 0.15) is 0 Å². The third kappa shape index (κ3) is 4.06. The molecule has 0 aliphatic carbocycles. The first-order valence-corrected chi connectivity index (χ1v) is 10.7. The molecule has 1 fully saturated rings. The maximum Gasteiger partial charge on any atom is 0.243 e. The Morgan fingerprint density at radius 2 is 1.85 bits per heavy atom. The molecular weight excluding hydrogens is 358 g/mol. The molecule has 0 amide bonds. The zero-order valence-electron chi connectivity index (χ0n) is 15.7. The van der Waals surface area contributed by atoms with Gasteiger partial charge in [0, 0.05) is 31.7 Å². The molecule has 1 aliphatic rings. The number of rotatable bonds is 6. The van der Waals surface area contributed by atoms with Crippen LogP contribution >= 0.6 is 0 Å². The Hall–Kier alpha value is -2.20. The molecular formula is C21H25N3O2S. The van der Waals surface area contributed by atoms with E-state index in [0.717, 1.165) is 19.5 Å². The van der Waals surface area contributed by atoms with Gasteiger partial charge in [-0.3, -0.25) is 4.90 Å². The van der Waals surface area contributed by atoms with Gasteiger partial charge in [0.05, 0.1) is 16.5 Å². The lowest BCUT2D eigenvalue weighted by Crippen LogP contribution is -2.42. The number of likely N-dealkylation sites (tertiary alicyclic amines) is 1. The second-order valence-corrected chi connectivity index (χ2v) is 8.76. The van der Waals surface area contributed by atoms with Crippen LogP contribution in [0.4, 0.5) is 0 Å². The van der Waals surface area contributed by atoms with E-state index in [9.17, 15) is 8.42 Å². The first-order chi connectivity index (χ1) is 13.0. The molecule has 2 aromatic carbocycles. The lowest BCUT2D eigenvalue weighted by Gasteiger charge is -2.29. The molecule has 5 nitrogen and oxygen atoms in total. The number of nitrogens with zero attached hydrogens (tertiary/aromatic N) is 3. The van der Waals surface area contributed by atoms with Gasteiger partial charge >= 0.3 is 0 Å². The lowest BCUT2D eigenvalue weighted by atomic mass is 10.1. The summed E-state index contributed by atoms with van der Waals surface area (Å²) < 4.78 is 27.8. The largest absolute Gasteiger partial charge is 0.295 e. The number of nitriles is 1. The third-order valence-electron chi connectivity index (χ3n) is 5.33.